The number of halogens is 1. The van der Waals surface area contributed by atoms with Crippen LogP contribution in [-0.2, 0) is 4.79 Å². The normalized spacial score (nSPS) is 11.0. The molecule has 0 saturated heterocycles. The van der Waals surface area contributed by atoms with Crippen LogP contribution in [0.5, 0.6) is 5.75 Å². The number of hydrogen-bond acceptors (Lipinski definition) is 4. The molecule has 6 heteroatoms. The highest BCUT2D eigenvalue weighted by Crippen LogP contribution is 2.22. The minimum atomic E-state index is -0.353. The van der Waals surface area contributed by atoms with Gasteiger partial charge in [-0.3, -0.25) is 4.79 Å². The fraction of sp³-hybridized carbons (Fsp3) is 0.150. The molecule has 1 amide bonds. The molecule has 0 aliphatic carbocycles. The maximum absolute atomic E-state index is 11.9. The third-order valence-corrected chi connectivity index (χ3v) is 4.16. The van der Waals surface area contributed by atoms with E-state index in [1.165, 1.54) is 6.21 Å². The maximum Gasteiger partial charge on any atom is 0.277 e. The number of nitrogens with one attached hydrogen (secondary N) is 1. The summed E-state index contributed by atoms with van der Waals surface area (Å²) in [5.74, 6) is 0.363. The van der Waals surface area contributed by atoms with E-state index in [9.17, 15) is 4.79 Å². The Balaban J connectivity index is 1.61. The van der Waals surface area contributed by atoms with Crippen molar-refractivity contribution in [2.24, 2.45) is 5.10 Å². The van der Waals surface area contributed by atoms with Crippen molar-refractivity contribution in [2.75, 3.05) is 6.61 Å². The molecule has 2 aromatic carbocycles. The van der Waals surface area contributed by atoms with Crippen LogP contribution in [0.2, 0.25) is 5.15 Å². The lowest BCUT2D eigenvalue weighted by Gasteiger charge is -2.10. The Morgan fingerprint density at radius 1 is 1.19 bits per heavy atom. The van der Waals surface area contributed by atoms with Gasteiger partial charge in [0.1, 0.15) is 10.9 Å². The molecule has 0 aliphatic heterocycles. The maximum atomic E-state index is 11.9. The molecule has 3 aromatic rings. The van der Waals surface area contributed by atoms with Crippen molar-refractivity contribution in [3.05, 3.63) is 70.4 Å². The lowest BCUT2D eigenvalue weighted by atomic mass is 10.1. The van der Waals surface area contributed by atoms with Crippen molar-refractivity contribution in [1.82, 2.24) is 10.4 Å². The summed E-state index contributed by atoms with van der Waals surface area (Å²) in [4.78, 5) is 16.2. The summed E-state index contributed by atoms with van der Waals surface area (Å²) in [5, 5.41) is 5.21. The Bertz CT molecular complexity index is 966. The van der Waals surface area contributed by atoms with Gasteiger partial charge in [0.05, 0.1) is 11.7 Å². The van der Waals surface area contributed by atoms with Crippen LogP contribution in [0.15, 0.2) is 53.6 Å². The van der Waals surface area contributed by atoms with Gasteiger partial charge in [0.25, 0.3) is 5.91 Å². The van der Waals surface area contributed by atoms with Crippen LogP contribution in [0.25, 0.3) is 10.9 Å². The Labute approximate surface area is 156 Å². The van der Waals surface area contributed by atoms with Crippen molar-refractivity contribution >= 4 is 34.6 Å². The average Bonchev–Trinajstić information content (AvgIpc) is 2.61. The minimum absolute atomic E-state index is 0.118. The first-order chi connectivity index (χ1) is 12.5. The Morgan fingerprint density at radius 3 is 2.69 bits per heavy atom. The molecule has 1 N–H and O–H groups in total. The van der Waals surface area contributed by atoms with Crippen LogP contribution in [0.3, 0.4) is 0 Å². The smallest absolute Gasteiger partial charge is 0.277 e. The van der Waals surface area contributed by atoms with E-state index < -0.39 is 0 Å². The summed E-state index contributed by atoms with van der Waals surface area (Å²) in [6.07, 6.45) is 1.47. The highest BCUT2D eigenvalue weighted by molar-refractivity contribution is 6.32. The molecular weight excluding hydrogens is 350 g/mol. The number of ether oxygens (including phenoxy) is 1. The molecule has 1 heterocycles. The number of hydrazone groups is 1. The summed E-state index contributed by atoms with van der Waals surface area (Å²) in [5.41, 5.74) is 5.83. The fourth-order valence-electron chi connectivity index (χ4n) is 2.57. The molecule has 0 radical (unpaired) electrons. The van der Waals surface area contributed by atoms with Crippen molar-refractivity contribution in [1.29, 1.82) is 0 Å². The highest BCUT2D eigenvalue weighted by Gasteiger charge is 2.07. The van der Waals surface area contributed by atoms with Crippen molar-refractivity contribution in [2.45, 2.75) is 13.8 Å². The predicted octanol–water partition coefficient (Wildman–Crippen LogP) is 4.03. The quantitative estimate of drug-likeness (QED) is 0.420. The van der Waals surface area contributed by atoms with Crippen LogP contribution in [0, 0.1) is 13.8 Å². The minimum Gasteiger partial charge on any atom is -0.483 e. The lowest BCUT2D eigenvalue weighted by molar-refractivity contribution is -0.123. The molecule has 0 fully saturated rings. The molecular formula is C20H18ClN3O2. The summed E-state index contributed by atoms with van der Waals surface area (Å²) in [6.45, 7) is 3.76. The predicted molar refractivity (Wildman–Crippen MR) is 104 cm³/mol. The SMILES string of the molecule is Cc1cccc(C)c1OCC(=O)N/N=C\c1cc2ccccc2nc1Cl. The van der Waals surface area contributed by atoms with Gasteiger partial charge < -0.3 is 4.74 Å². The van der Waals surface area contributed by atoms with Crippen molar-refractivity contribution in [3.63, 3.8) is 0 Å². The Kier molecular flexibility index (Phi) is 5.49. The number of aryl methyl sites for hydroxylation is 2. The second-order valence-electron chi connectivity index (χ2n) is 5.86. The molecule has 0 aliphatic rings. The monoisotopic (exact) mass is 367 g/mol. The number of aromatic nitrogens is 1. The number of amides is 1. The van der Waals surface area contributed by atoms with Gasteiger partial charge in [0, 0.05) is 10.9 Å². The topological polar surface area (TPSA) is 63.6 Å². The van der Waals surface area contributed by atoms with E-state index in [4.69, 9.17) is 16.3 Å². The molecule has 0 atom stereocenters. The van der Waals surface area contributed by atoms with E-state index in [2.05, 4.69) is 15.5 Å². The molecule has 0 spiro atoms. The van der Waals surface area contributed by atoms with Crippen LogP contribution >= 0.6 is 11.6 Å². The van der Waals surface area contributed by atoms with E-state index in [1.54, 1.807) is 0 Å². The molecule has 0 bridgehead atoms. The summed E-state index contributed by atoms with van der Waals surface area (Å²) < 4.78 is 5.59. The van der Waals surface area contributed by atoms with Gasteiger partial charge in [-0.1, -0.05) is 48.0 Å². The number of benzene rings is 2. The second kappa shape index (κ2) is 7.97. The van der Waals surface area contributed by atoms with Crippen LogP contribution in [0.1, 0.15) is 16.7 Å². The third-order valence-electron chi connectivity index (χ3n) is 3.85. The van der Waals surface area contributed by atoms with Gasteiger partial charge in [-0.2, -0.15) is 5.10 Å². The van der Waals surface area contributed by atoms with Gasteiger partial charge in [-0.25, -0.2) is 10.4 Å². The summed E-state index contributed by atoms with van der Waals surface area (Å²) in [6, 6.07) is 15.3. The Hall–Kier alpha value is -2.92. The molecule has 0 unspecified atom stereocenters. The molecule has 0 saturated carbocycles. The first kappa shape index (κ1) is 17.9. The first-order valence-electron chi connectivity index (χ1n) is 8.11. The number of nitrogens with zero attached hydrogens (tertiary/aromatic N) is 2. The summed E-state index contributed by atoms with van der Waals surface area (Å²) in [7, 11) is 0. The van der Waals surface area contributed by atoms with Gasteiger partial charge in [-0.15, -0.1) is 0 Å². The number of carbonyl (C=O) groups is 1. The second-order valence-corrected chi connectivity index (χ2v) is 6.22. The lowest BCUT2D eigenvalue weighted by Crippen LogP contribution is -2.25. The standard InChI is InChI=1S/C20H18ClN3O2/c1-13-6-5-7-14(2)19(13)26-12-18(25)24-22-11-16-10-15-8-3-4-9-17(15)23-20(16)21/h3-11H,12H2,1-2H3,(H,24,25)/b22-11-. The number of carbonyl (C=O) groups excluding carboxylic acids is 1. The van der Waals surface area contributed by atoms with Gasteiger partial charge in [-0.05, 0) is 37.1 Å². The van der Waals surface area contributed by atoms with E-state index in [0.29, 0.717) is 16.5 Å². The van der Waals surface area contributed by atoms with Crippen LogP contribution in [0.4, 0.5) is 0 Å². The van der Waals surface area contributed by atoms with E-state index in [0.717, 1.165) is 22.0 Å². The van der Waals surface area contributed by atoms with Crippen molar-refractivity contribution < 1.29 is 9.53 Å². The molecule has 26 heavy (non-hydrogen) atoms. The molecule has 3 rings (SSSR count). The Morgan fingerprint density at radius 2 is 1.92 bits per heavy atom. The van der Waals surface area contributed by atoms with Crippen LogP contribution < -0.4 is 10.2 Å². The van der Waals surface area contributed by atoms with Crippen molar-refractivity contribution in [3.8, 4) is 5.75 Å². The third kappa shape index (κ3) is 4.18. The fourth-order valence-corrected chi connectivity index (χ4v) is 2.76. The number of rotatable bonds is 5. The molecule has 1 aromatic heterocycles. The zero-order valence-electron chi connectivity index (χ0n) is 14.5. The van der Waals surface area contributed by atoms with E-state index in [-0.39, 0.29) is 12.5 Å². The average molecular weight is 368 g/mol. The largest absolute Gasteiger partial charge is 0.483 e. The van der Waals surface area contributed by atoms with Crippen LogP contribution in [-0.4, -0.2) is 23.7 Å². The first-order valence-corrected chi connectivity index (χ1v) is 8.48. The summed E-state index contributed by atoms with van der Waals surface area (Å²) >= 11 is 6.15. The molecule has 132 valence electrons. The zero-order valence-corrected chi connectivity index (χ0v) is 15.2. The van der Waals surface area contributed by atoms with Gasteiger partial charge >= 0.3 is 0 Å². The van der Waals surface area contributed by atoms with Gasteiger partial charge in [0.2, 0.25) is 0 Å². The number of fused-ring (bicyclic) bond motifs is 1. The molecule has 5 nitrogen and oxygen atoms in total. The van der Waals surface area contributed by atoms with E-state index >= 15 is 0 Å². The van der Waals surface area contributed by atoms with E-state index in [1.807, 2.05) is 62.4 Å². The highest BCUT2D eigenvalue weighted by atomic mass is 35.5. The van der Waals surface area contributed by atoms with Gasteiger partial charge in [0.15, 0.2) is 6.61 Å². The number of pyridine rings is 1. The zero-order chi connectivity index (χ0) is 18.5. The number of hydrogen-bond donors (Lipinski definition) is 1. The number of para-hydroxylation sites is 2.